The Morgan fingerprint density at radius 1 is 0.704 bits per heavy atom. The molecule has 0 atom stereocenters. The summed E-state index contributed by atoms with van der Waals surface area (Å²) >= 11 is 0. The molecule has 138 valence electrons. The van der Waals surface area contributed by atoms with E-state index in [4.69, 9.17) is 5.11 Å². The fourth-order valence-electron chi connectivity index (χ4n) is 3.29. The Balaban J connectivity index is 1.86. The highest BCUT2D eigenvalue weighted by atomic mass is 31.1. The molecule has 0 radical (unpaired) electrons. The van der Waals surface area contributed by atoms with Crippen LogP contribution < -0.4 is 15.9 Å². The maximum absolute atomic E-state index is 10.7. The number of aliphatic carboxylic acids is 1. The summed E-state index contributed by atoms with van der Waals surface area (Å²) in [7, 11) is -0.596. The van der Waals surface area contributed by atoms with Crippen molar-refractivity contribution in [3.05, 3.63) is 90.5 Å². The molecule has 3 aromatic rings. The van der Waals surface area contributed by atoms with Gasteiger partial charge in [-0.05, 0) is 48.7 Å². The zero-order chi connectivity index (χ0) is 18.9. The van der Waals surface area contributed by atoms with Gasteiger partial charge < -0.3 is 5.11 Å². The molecule has 0 heterocycles. The van der Waals surface area contributed by atoms with E-state index >= 15 is 0 Å². The number of carboxylic acids is 1. The van der Waals surface area contributed by atoms with E-state index in [2.05, 4.69) is 84.9 Å². The van der Waals surface area contributed by atoms with Crippen LogP contribution in [0.2, 0.25) is 0 Å². The molecule has 0 saturated carbocycles. The Hall–Kier alpha value is -2.44. The van der Waals surface area contributed by atoms with E-state index < -0.39 is 13.9 Å². The Labute approximate surface area is 162 Å². The first-order valence-corrected chi connectivity index (χ1v) is 10.8. The van der Waals surface area contributed by atoms with Crippen LogP contribution in [0.3, 0.4) is 0 Å². The molecule has 0 bridgehead atoms. The van der Waals surface area contributed by atoms with E-state index in [1.807, 2.05) is 0 Å². The van der Waals surface area contributed by atoms with E-state index in [0.29, 0.717) is 0 Å². The molecule has 0 amide bonds. The molecule has 0 saturated heterocycles. The highest BCUT2D eigenvalue weighted by molar-refractivity contribution is 7.79. The van der Waals surface area contributed by atoms with Crippen molar-refractivity contribution >= 4 is 29.8 Å². The van der Waals surface area contributed by atoms with E-state index in [0.717, 1.165) is 25.7 Å². The second-order valence-electron chi connectivity index (χ2n) is 6.59. The first kappa shape index (κ1) is 19.3. The van der Waals surface area contributed by atoms with Crippen LogP contribution in [0.5, 0.6) is 0 Å². The molecular weight excluding hydrogens is 351 g/mol. The lowest BCUT2D eigenvalue weighted by atomic mass is 10.1. The number of carboxylic acid groups (broad SMARTS) is 1. The number of aryl methyl sites for hydroxylation is 1. The van der Waals surface area contributed by atoms with Gasteiger partial charge in [-0.3, -0.25) is 4.79 Å². The van der Waals surface area contributed by atoms with Crippen molar-refractivity contribution in [2.45, 2.75) is 32.1 Å². The van der Waals surface area contributed by atoms with Gasteiger partial charge in [0.15, 0.2) is 0 Å². The lowest BCUT2D eigenvalue weighted by Crippen LogP contribution is -2.23. The smallest absolute Gasteiger partial charge is 0.303 e. The third-order valence-electron chi connectivity index (χ3n) is 4.60. The average molecular weight is 376 g/mol. The van der Waals surface area contributed by atoms with Gasteiger partial charge in [0, 0.05) is 6.42 Å². The van der Waals surface area contributed by atoms with Crippen molar-refractivity contribution in [1.82, 2.24) is 0 Å². The van der Waals surface area contributed by atoms with Crippen LogP contribution >= 0.6 is 7.92 Å². The molecule has 0 spiro atoms. The molecule has 0 aliphatic carbocycles. The van der Waals surface area contributed by atoms with Crippen molar-refractivity contribution in [1.29, 1.82) is 0 Å². The number of hydrogen-bond acceptors (Lipinski definition) is 1. The van der Waals surface area contributed by atoms with Crippen LogP contribution in [0.1, 0.15) is 31.2 Å². The van der Waals surface area contributed by atoms with Gasteiger partial charge in [-0.2, -0.15) is 0 Å². The van der Waals surface area contributed by atoms with Crippen molar-refractivity contribution < 1.29 is 9.90 Å². The normalized spacial score (nSPS) is 10.9. The van der Waals surface area contributed by atoms with Gasteiger partial charge in [-0.15, -0.1) is 0 Å². The Kier molecular flexibility index (Phi) is 7.19. The fraction of sp³-hybridized carbons (Fsp3) is 0.208. The van der Waals surface area contributed by atoms with Crippen LogP contribution in [0.15, 0.2) is 84.9 Å². The molecule has 0 aromatic heterocycles. The van der Waals surface area contributed by atoms with Crippen molar-refractivity contribution in [3.8, 4) is 0 Å². The number of carbonyl (C=O) groups is 1. The average Bonchev–Trinajstić information content (AvgIpc) is 2.70. The van der Waals surface area contributed by atoms with Crippen molar-refractivity contribution in [2.24, 2.45) is 0 Å². The van der Waals surface area contributed by atoms with Crippen molar-refractivity contribution in [3.63, 3.8) is 0 Å². The second kappa shape index (κ2) is 10.0. The monoisotopic (exact) mass is 376 g/mol. The number of hydrogen-bond donors (Lipinski definition) is 1. The minimum atomic E-state index is -0.702. The predicted octanol–water partition coefficient (Wildman–Crippen LogP) is 4.63. The summed E-state index contributed by atoms with van der Waals surface area (Å²) in [5.41, 5.74) is 1.38. The Morgan fingerprint density at radius 3 is 1.85 bits per heavy atom. The topological polar surface area (TPSA) is 37.3 Å². The Bertz CT molecular complexity index is 807. The second-order valence-corrected chi connectivity index (χ2v) is 8.78. The standard InChI is InChI=1S/C24H25O2P/c25-24(26)19-9-1-4-12-20-13-10-11-18-23(20)27(21-14-5-2-6-15-21)22-16-7-3-8-17-22/h2-3,5-8,10-11,13-18H,1,4,9,12,19H2,(H,25,26). The molecule has 3 aromatic carbocycles. The molecule has 0 fully saturated rings. The third-order valence-corrected chi connectivity index (χ3v) is 7.15. The lowest BCUT2D eigenvalue weighted by molar-refractivity contribution is -0.137. The van der Waals surface area contributed by atoms with E-state index in [-0.39, 0.29) is 6.42 Å². The van der Waals surface area contributed by atoms with E-state index in [1.54, 1.807) is 0 Å². The van der Waals surface area contributed by atoms with Crippen LogP contribution in [0, 0.1) is 0 Å². The Morgan fingerprint density at radius 2 is 1.26 bits per heavy atom. The maximum Gasteiger partial charge on any atom is 0.303 e. The predicted molar refractivity (Wildman–Crippen MR) is 115 cm³/mol. The van der Waals surface area contributed by atoms with Gasteiger partial charge >= 0.3 is 5.97 Å². The van der Waals surface area contributed by atoms with Crippen LogP contribution in [-0.2, 0) is 11.2 Å². The minimum Gasteiger partial charge on any atom is -0.481 e. The highest BCUT2D eigenvalue weighted by Crippen LogP contribution is 2.34. The van der Waals surface area contributed by atoms with Crippen LogP contribution in [0.25, 0.3) is 0 Å². The third kappa shape index (κ3) is 5.52. The maximum atomic E-state index is 10.7. The first-order valence-electron chi connectivity index (χ1n) is 9.45. The number of rotatable bonds is 9. The van der Waals surface area contributed by atoms with E-state index in [9.17, 15) is 4.79 Å². The minimum absolute atomic E-state index is 0.266. The molecule has 3 heteroatoms. The van der Waals surface area contributed by atoms with Crippen LogP contribution in [0.4, 0.5) is 0 Å². The summed E-state index contributed by atoms with van der Waals surface area (Å²) < 4.78 is 0. The van der Waals surface area contributed by atoms with Gasteiger partial charge in [-0.25, -0.2) is 0 Å². The van der Waals surface area contributed by atoms with Crippen molar-refractivity contribution in [2.75, 3.05) is 0 Å². The van der Waals surface area contributed by atoms with Gasteiger partial charge in [0.2, 0.25) is 0 Å². The molecule has 2 nitrogen and oxygen atoms in total. The molecular formula is C24H25O2P. The molecule has 1 N–H and O–H groups in total. The molecule has 0 aliphatic rings. The summed E-state index contributed by atoms with van der Waals surface area (Å²) in [5.74, 6) is -0.702. The fourth-order valence-corrected chi connectivity index (χ4v) is 5.79. The highest BCUT2D eigenvalue weighted by Gasteiger charge is 2.18. The van der Waals surface area contributed by atoms with E-state index in [1.165, 1.54) is 21.5 Å². The zero-order valence-electron chi connectivity index (χ0n) is 15.4. The lowest BCUT2D eigenvalue weighted by Gasteiger charge is -2.22. The van der Waals surface area contributed by atoms with Gasteiger partial charge in [-0.1, -0.05) is 91.3 Å². The molecule has 0 unspecified atom stereocenters. The first-order chi connectivity index (χ1) is 13.3. The SMILES string of the molecule is O=C(O)CCCCCc1ccccc1P(c1ccccc1)c1ccccc1. The van der Waals surface area contributed by atoms with Gasteiger partial charge in [0.05, 0.1) is 0 Å². The zero-order valence-corrected chi connectivity index (χ0v) is 16.3. The number of benzene rings is 3. The summed E-state index contributed by atoms with van der Waals surface area (Å²) in [5, 5.41) is 12.9. The number of unbranched alkanes of at least 4 members (excludes halogenated alkanes) is 2. The molecule has 3 rings (SSSR count). The van der Waals surface area contributed by atoms with Gasteiger partial charge in [0.25, 0.3) is 0 Å². The quantitative estimate of drug-likeness (QED) is 0.437. The molecule has 0 aliphatic heterocycles. The van der Waals surface area contributed by atoms with Crippen LogP contribution in [-0.4, -0.2) is 11.1 Å². The summed E-state index contributed by atoms with van der Waals surface area (Å²) in [4.78, 5) is 10.7. The summed E-state index contributed by atoms with van der Waals surface area (Å²) in [6.45, 7) is 0. The summed E-state index contributed by atoms with van der Waals surface area (Å²) in [6.07, 6.45) is 3.99. The van der Waals surface area contributed by atoms with Gasteiger partial charge in [0.1, 0.15) is 0 Å². The molecule has 27 heavy (non-hydrogen) atoms. The summed E-state index contributed by atoms with van der Waals surface area (Å²) in [6, 6.07) is 30.2. The largest absolute Gasteiger partial charge is 0.481 e.